The number of benzene rings is 1. The highest BCUT2D eigenvalue weighted by Crippen LogP contribution is 2.17. The van der Waals surface area contributed by atoms with Gasteiger partial charge in [-0.05, 0) is 24.6 Å². The number of hydrogen-bond donors (Lipinski definition) is 1. The van der Waals surface area contributed by atoms with E-state index in [-0.39, 0.29) is 5.91 Å². The molecule has 0 fully saturated rings. The van der Waals surface area contributed by atoms with Gasteiger partial charge >= 0.3 is 0 Å². The topological polar surface area (TPSA) is 29.1 Å². The molecule has 0 aliphatic carbocycles. The maximum absolute atomic E-state index is 11.6. The summed E-state index contributed by atoms with van der Waals surface area (Å²) in [4.78, 5) is 11.6. The predicted octanol–water partition coefficient (Wildman–Crippen LogP) is 2.51. The van der Waals surface area contributed by atoms with Crippen molar-refractivity contribution in [2.45, 2.75) is 13.3 Å². The molecule has 0 atom stereocenters. The molecule has 0 unspecified atom stereocenters. The summed E-state index contributed by atoms with van der Waals surface area (Å²) in [6.07, 6.45) is 5.64. The molecule has 3 heteroatoms. The van der Waals surface area contributed by atoms with Crippen molar-refractivity contribution in [1.29, 1.82) is 0 Å². The summed E-state index contributed by atoms with van der Waals surface area (Å²) in [6, 6.07) is 5.51. The Hall–Kier alpha value is -1.27. The first kappa shape index (κ1) is 11.8. The van der Waals surface area contributed by atoms with E-state index in [1.54, 1.807) is 12.1 Å². The van der Waals surface area contributed by atoms with Crippen LogP contribution in [0, 0.1) is 19.3 Å². The van der Waals surface area contributed by atoms with Crippen LogP contribution >= 0.6 is 15.9 Å². The zero-order valence-corrected chi connectivity index (χ0v) is 10.1. The van der Waals surface area contributed by atoms with Gasteiger partial charge in [-0.1, -0.05) is 22.0 Å². The molecule has 15 heavy (non-hydrogen) atoms. The molecule has 1 aromatic rings. The predicted molar refractivity (Wildman–Crippen MR) is 64.7 cm³/mol. The van der Waals surface area contributed by atoms with Gasteiger partial charge in [0.1, 0.15) is 0 Å². The lowest BCUT2D eigenvalue weighted by Gasteiger charge is -2.04. The standard InChI is InChI=1S/C12H12BrNO/c1-3-4-7-14-12(15)10-6-5-9(2)11(13)8-10/h1,5-6,8H,4,7H2,2H3,(H,14,15). The molecular formula is C12H12BrNO. The Bertz CT molecular complexity index is 407. The number of amides is 1. The molecule has 0 aromatic heterocycles. The van der Waals surface area contributed by atoms with Crippen molar-refractivity contribution >= 4 is 21.8 Å². The van der Waals surface area contributed by atoms with Crippen LogP contribution in [0.3, 0.4) is 0 Å². The lowest BCUT2D eigenvalue weighted by Crippen LogP contribution is -2.24. The van der Waals surface area contributed by atoms with Gasteiger partial charge in [0.25, 0.3) is 5.91 Å². The molecule has 2 nitrogen and oxygen atoms in total. The summed E-state index contributed by atoms with van der Waals surface area (Å²) in [5.41, 5.74) is 1.75. The molecule has 1 N–H and O–H groups in total. The third kappa shape index (κ3) is 3.41. The van der Waals surface area contributed by atoms with Crippen molar-refractivity contribution < 1.29 is 4.79 Å². The van der Waals surface area contributed by atoms with Crippen molar-refractivity contribution in [2.24, 2.45) is 0 Å². The summed E-state index contributed by atoms with van der Waals surface area (Å²) in [5, 5.41) is 2.74. The highest BCUT2D eigenvalue weighted by atomic mass is 79.9. The van der Waals surface area contributed by atoms with E-state index in [2.05, 4.69) is 27.2 Å². The summed E-state index contributed by atoms with van der Waals surface area (Å²) >= 11 is 3.38. The number of hydrogen-bond acceptors (Lipinski definition) is 1. The van der Waals surface area contributed by atoms with E-state index < -0.39 is 0 Å². The van der Waals surface area contributed by atoms with Crippen molar-refractivity contribution in [3.63, 3.8) is 0 Å². The van der Waals surface area contributed by atoms with E-state index in [1.807, 2.05) is 13.0 Å². The lowest BCUT2D eigenvalue weighted by molar-refractivity contribution is 0.0954. The highest BCUT2D eigenvalue weighted by Gasteiger charge is 2.05. The van der Waals surface area contributed by atoms with Crippen molar-refractivity contribution in [1.82, 2.24) is 5.32 Å². The normalized spacial score (nSPS) is 9.40. The molecule has 1 aromatic carbocycles. The second kappa shape index (κ2) is 5.57. The Kier molecular flexibility index (Phi) is 4.38. The molecule has 1 rings (SSSR count). The highest BCUT2D eigenvalue weighted by molar-refractivity contribution is 9.10. The van der Waals surface area contributed by atoms with Crippen LogP contribution < -0.4 is 5.32 Å². The van der Waals surface area contributed by atoms with Crippen LogP contribution in [0.15, 0.2) is 22.7 Å². The van der Waals surface area contributed by atoms with Crippen LogP contribution in [0.25, 0.3) is 0 Å². The van der Waals surface area contributed by atoms with Gasteiger partial charge < -0.3 is 5.32 Å². The Morgan fingerprint density at radius 3 is 2.93 bits per heavy atom. The van der Waals surface area contributed by atoms with Gasteiger partial charge in [0.2, 0.25) is 0 Å². The Balaban J connectivity index is 2.67. The zero-order chi connectivity index (χ0) is 11.3. The number of carbonyl (C=O) groups is 1. The van der Waals surface area contributed by atoms with E-state index >= 15 is 0 Å². The summed E-state index contributed by atoms with van der Waals surface area (Å²) < 4.78 is 0.937. The zero-order valence-electron chi connectivity index (χ0n) is 8.51. The Labute approximate surface area is 98.2 Å². The van der Waals surface area contributed by atoms with Gasteiger partial charge in [-0.2, -0.15) is 0 Å². The fraction of sp³-hybridized carbons (Fsp3) is 0.250. The molecule has 0 aliphatic heterocycles. The first-order chi connectivity index (χ1) is 7.15. The number of aryl methyl sites for hydroxylation is 1. The van der Waals surface area contributed by atoms with Gasteiger partial charge in [0.15, 0.2) is 0 Å². The Morgan fingerprint density at radius 2 is 2.33 bits per heavy atom. The molecule has 1 amide bonds. The fourth-order valence-electron chi connectivity index (χ4n) is 1.08. The molecule has 0 radical (unpaired) electrons. The van der Waals surface area contributed by atoms with E-state index in [1.165, 1.54) is 0 Å². The summed E-state index contributed by atoms with van der Waals surface area (Å²) in [6.45, 7) is 2.49. The maximum atomic E-state index is 11.6. The van der Waals surface area contributed by atoms with Crippen LogP contribution in [0.5, 0.6) is 0 Å². The second-order valence-corrected chi connectivity index (χ2v) is 4.03. The second-order valence-electron chi connectivity index (χ2n) is 3.17. The monoisotopic (exact) mass is 265 g/mol. The largest absolute Gasteiger partial charge is 0.351 e. The SMILES string of the molecule is C#CCCNC(=O)c1ccc(C)c(Br)c1. The number of halogens is 1. The van der Waals surface area contributed by atoms with Crippen LogP contribution in [0.1, 0.15) is 22.3 Å². The molecule has 0 bridgehead atoms. The van der Waals surface area contributed by atoms with Gasteiger partial charge in [-0.25, -0.2) is 0 Å². The number of carbonyl (C=O) groups excluding carboxylic acids is 1. The average Bonchev–Trinajstić information content (AvgIpc) is 2.22. The van der Waals surface area contributed by atoms with Crippen LogP contribution in [0.2, 0.25) is 0 Å². The van der Waals surface area contributed by atoms with Gasteiger partial charge in [0, 0.05) is 23.0 Å². The molecule has 0 heterocycles. The van der Waals surface area contributed by atoms with E-state index in [4.69, 9.17) is 6.42 Å². The van der Waals surface area contributed by atoms with Crippen molar-refractivity contribution in [3.05, 3.63) is 33.8 Å². The number of terminal acetylenes is 1. The van der Waals surface area contributed by atoms with E-state index in [9.17, 15) is 4.79 Å². The lowest BCUT2D eigenvalue weighted by atomic mass is 10.1. The summed E-state index contributed by atoms with van der Waals surface area (Å²) in [5.74, 6) is 2.38. The van der Waals surface area contributed by atoms with Crippen LogP contribution in [-0.4, -0.2) is 12.5 Å². The van der Waals surface area contributed by atoms with Crippen LogP contribution in [0.4, 0.5) is 0 Å². The summed E-state index contributed by atoms with van der Waals surface area (Å²) in [7, 11) is 0. The van der Waals surface area contributed by atoms with Crippen molar-refractivity contribution in [3.8, 4) is 12.3 Å². The van der Waals surface area contributed by atoms with Gasteiger partial charge in [-0.3, -0.25) is 4.79 Å². The minimum Gasteiger partial charge on any atom is -0.351 e. The van der Waals surface area contributed by atoms with E-state index in [0.29, 0.717) is 18.5 Å². The smallest absolute Gasteiger partial charge is 0.251 e. The van der Waals surface area contributed by atoms with Crippen LogP contribution in [-0.2, 0) is 0 Å². The third-order valence-electron chi connectivity index (χ3n) is 1.99. The first-order valence-corrected chi connectivity index (χ1v) is 5.42. The van der Waals surface area contributed by atoms with Gasteiger partial charge in [-0.15, -0.1) is 12.3 Å². The fourth-order valence-corrected chi connectivity index (χ4v) is 1.46. The minimum atomic E-state index is -0.0917. The molecule has 78 valence electrons. The maximum Gasteiger partial charge on any atom is 0.251 e. The molecule has 0 saturated heterocycles. The third-order valence-corrected chi connectivity index (χ3v) is 2.84. The van der Waals surface area contributed by atoms with E-state index in [0.717, 1.165) is 10.0 Å². The molecular weight excluding hydrogens is 254 g/mol. The molecule has 0 spiro atoms. The van der Waals surface area contributed by atoms with Gasteiger partial charge in [0.05, 0.1) is 0 Å². The first-order valence-electron chi connectivity index (χ1n) is 4.63. The quantitative estimate of drug-likeness (QED) is 0.661. The average molecular weight is 266 g/mol. The molecule has 0 aliphatic rings. The molecule has 0 saturated carbocycles. The minimum absolute atomic E-state index is 0.0917. The Morgan fingerprint density at radius 1 is 1.60 bits per heavy atom. The number of rotatable bonds is 3. The van der Waals surface area contributed by atoms with Crippen molar-refractivity contribution in [2.75, 3.05) is 6.54 Å². The number of nitrogens with one attached hydrogen (secondary N) is 1.